The first-order chi connectivity index (χ1) is 11.3. The largest absolute Gasteiger partial charge is 0.481 e. The van der Waals surface area contributed by atoms with Crippen LogP contribution in [-0.4, -0.2) is 44.8 Å². The molecule has 1 N–H and O–H groups in total. The van der Waals surface area contributed by atoms with Gasteiger partial charge in [0.1, 0.15) is 0 Å². The minimum absolute atomic E-state index is 0.181. The van der Waals surface area contributed by atoms with Crippen molar-refractivity contribution in [1.82, 2.24) is 14.7 Å². The lowest BCUT2D eigenvalue weighted by atomic mass is 9.90. The van der Waals surface area contributed by atoms with Gasteiger partial charge in [0, 0.05) is 19.3 Å². The molecule has 3 rings (SSSR count). The number of carboxylic acid groups (broad SMARTS) is 1. The minimum Gasteiger partial charge on any atom is -0.481 e. The molecule has 1 atom stereocenters. The van der Waals surface area contributed by atoms with Gasteiger partial charge >= 0.3 is 5.97 Å². The molecule has 24 heavy (non-hydrogen) atoms. The van der Waals surface area contributed by atoms with Crippen molar-refractivity contribution in [1.29, 1.82) is 0 Å². The summed E-state index contributed by atoms with van der Waals surface area (Å²) in [4.78, 5) is 25.4. The highest BCUT2D eigenvalue weighted by Gasteiger charge is 2.42. The molecule has 1 fully saturated rings. The Kier molecular flexibility index (Phi) is 4.27. The highest BCUT2D eigenvalue weighted by atomic mass is 35.5. The van der Waals surface area contributed by atoms with Gasteiger partial charge in [0.25, 0.3) is 5.91 Å². The number of hydrogen-bond donors (Lipinski definition) is 1. The molecule has 0 radical (unpaired) electrons. The molecule has 6 nitrogen and oxygen atoms in total. The molecule has 0 saturated carbocycles. The minimum atomic E-state index is -0.901. The molecule has 1 aliphatic heterocycles. The molecule has 2 aromatic rings. The number of aromatic nitrogens is 2. The van der Waals surface area contributed by atoms with E-state index in [2.05, 4.69) is 5.10 Å². The molecule has 0 bridgehead atoms. The Morgan fingerprint density at radius 1 is 1.25 bits per heavy atom. The third-order valence-corrected chi connectivity index (χ3v) is 4.99. The van der Waals surface area contributed by atoms with E-state index in [1.807, 2.05) is 0 Å². The Balaban J connectivity index is 1.79. The Bertz CT molecular complexity index is 821. The van der Waals surface area contributed by atoms with Crippen LogP contribution in [0.25, 0.3) is 5.69 Å². The Hall–Kier alpha value is -2.05. The summed E-state index contributed by atoms with van der Waals surface area (Å²) in [6.45, 7) is 2.24. The second kappa shape index (κ2) is 6.11. The topological polar surface area (TPSA) is 75.4 Å². The van der Waals surface area contributed by atoms with Gasteiger partial charge in [-0.3, -0.25) is 9.59 Å². The molecule has 0 spiro atoms. The summed E-state index contributed by atoms with van der Waals surface area (Å²) in [5.74, 6) is -1.17. The Labute approximate surface area is 148 Å². The van der Waals surface area contributed by atoms with Crippen LogP contribution in [0.4, 0.5) is 0 Å². The van der Waals surface area contributed by atoms with Gasteiger partial charge in [0.15, 0.2) is 5.69 Å². The number of carboxylic acids is 1. The summed E-state index contributed by atoms with van der Waals surface area (Å²) in [5.41, 5.74) is 0.0398. The third kappa shape index (κ3) is 2.99. The maximum atomic E-state index is 12.5. The molecule has 1 amide bonds. The number of aliphatic carboxylic acids is 1. The zero-order valence-corrected chi connectivity index (χ0v) is 14.4. The standard InChI is InChI=1S/C16H15Cl2N3O3/c1-16(15(23)24)5-7-20(9-16)14(22)13-4-6-21(19-13)10-2-3-11(17)12(18)8-10/h2-4,6,8H,5,7,9H2,1H3,(H,23,24)/t16-/m1/s1. The average Bonchev–Trinajstić information content (AvgIpc) is 3.17. The van der Waals surface area contributed by atoms with Crippen molar-refractivity contribution in [2.75, 3.05) is 13.1 Å². The van der Waals surface area contributed by atoms with E-state index in [1.165, 1.54) is 9.58 Å². The molecular formula is C16H15Cl2N3O3. The second-order valence-electron chi connectivity index (χ2n) is 6.09. The molecule has 1 aromatic carbocycles. The first-order valence-corrected chi connectivity index (χ1v) is 8.09. The van der Waals surface area contributed by atoms with Crippen molar-refractivity contribution in [3.63, 3.8) is 0 Å². The monoisotopic (exact) mass is 367 g/mol. The van der Waals surface area contributed by atoms with E-state index >= 15 is 0 Å². The van der Waals surface area contributed by atoms with Crippen LogP contribution >= 0.6 is 23.2 Å². The summed E-state index contributed by atoms with van der Waals surface area (Å²) < 4.78 is 1.53. The van der Waals surface area contributed by atoms with Crippen LogP contribution < -0.4 is 0 Å². The molecular weight excluding hydrogens is 353 g/mol. The lowest BCUT2D eigenvalue weighted by Crippen LogP contribution is -2.35. The van der Waals surface area contributed by atoms with Crippen LogP contribution in [-0.2, 0) is 4.79 Å². The Morgan fingerprint density at radius 3 is 2.62 bits per heavy atom. The molecule has 1 aliphatic rings. The van der Waals surface area contributed by atoms with Crippen LogP contribution in [0.2, 0.25) is 10.0 Å². The van der Waals surface area contributed by atoms with Crippen molar-refractivity contribution in [3.8, 4) is 5.69 Å². The molecule has 1 aromatic heterocycles. The van der Waals surface area contributed by atoms with E-state index in [0.29, 0.717) is 28.7 Å². The molecule has 8 heteroatoms. The van der Waals surface area contributed by atoms with Gasteiger partial charge in [-0.15, -0.1) is 0 Å². The van der Waals surface area contributed by atoms with E-state index in [4.69, 9.17) is 23.2 Å². The summed E-state index contributed by atoms with van der Waals surface area (Å²) >= 11 is 11.9. The molecule has 126 valence electrons. The summed E-state index contributed by atoms with van der Waals surface area (Å²) in [7, 11) is 0. The first kappa shape index (κ1) is 16.8. The van der Waals surface area contributed by atoms with Crippen molar-refractivity contribution < 1.29 is 14.7 Å². The fraction of sp³-hybridized carbons (Fsp3) is 0.312. The van der Waals surface area contributed by atoms with Gasteiger partial charge in [0.2, 0.25) is 0 Å². The highest BCUT2D eigenvalue weighted by molar-refractivity contribution is 6.42. The van der Waals surface area contributed by atoms with Gasteiger partial charge in [0.05, 0.1) is 21.1 Å². The van der Waals surface area contributed by atoms with E-state index < -0.39 is 11.4 Å². The average molecular weight is 368 g/mol. The molecule has 0 aliphatic carbocycles. The first-order valence-electron chi connectivity index (χ1n) is 7.34. The van der Waals surface area contributed by atoms with E-state index in [0.717, 1.165) is 0 Å². The lowest BCUT2D eigenvalue weighted by Gasteiger charge is -2.19. The quantitative estimate of drug-likeness (QED) is 0.903. The maximum absolute atomic E-state index is 12.5. The normalized spacial score (nSPS) is 20.4. The summed E-state index contributed by atoms with van der Waals surface area (Å²) in [6, 6.07) is 6.65. The number of benzene rings is 1. The van der Waals surface area contributed by atoms with Crippen LogP contribution in [0.15, 0.2) is 30.5 Å². The zero-order chi connectivity index (χ0) is 17.5. The predicted molar refractivity (Wildman–Crippen MR) is 89.8 cm³/mol. The predicted octanol–water partition coefficient (Wildman–Crippen LogP) is 3.12. The van der Waals surface area contributed by atoms with Gasteiger partial charge in [-0.1, -0.05) is 23.2 Å². The van der Waals surface area contributed by atoms with E-state index in [-0.39, 0.29) is 18.1 Å². The second-order valence-corrected chi connectivity index (χ2v) is 6.90. The number of nitrogens with zero attached hydrogens (tertiary/aromatic N) is 3. The van der Waals surface area contributed by atoms with Crippen molar-refractivity contribution in [3.05, 3.63) is 46.2 Å². The molecule has 1 saturated heterocycles. The summed E-state index contributed by atoms with van der Waals surface area (Å²) in [5, 5.41) is 14.4. The van der Waals surface area contributed by atoms with Crippen LogP contribution in [0, 0.1) is 5.41 Å². The van der Waals surface area contributed by atoms with Gasteiger partial charge in [-0.05, 0) is 37.6 Å². The van der Waals surface area contributed by atoms with E-state index in [9.17, 15) is 14.7 Å². The Morgan fingerprint density at radius 2 is 2.00 bits per heavy atom. The van der Waals surface area contributed by atoms with Crippen molar-refractivity contribution in [2.45, 2.75) is 13.3 Å². The van der Waals surface area contributed by atoms with Crippen molar-refractivity contribution in [2.24, 2.45) is 5.41 Å². The van der Waals surface area contributed by atoms with Crippen LogP contribution in [0.3, 0.4) is 0 Å². The van der Waals surface area contributed by atoms with Gasteiger partial charge in [-0.25, -0.2) is 4.68 Å². The number of rotatable bonds is 3. The van der Waals surface area contributed by atoms with Crippen LogP contribution in [0.1, 0.15) is 23.8 Å². The van der Waals surface area contributed by atoms with E-state index in [1.54, 1.807) is 37.4 Å². The number of likely N-dealkylation sites (tertiary alicyclic amines) is 1. The smallest absolute Gasteiger partial charge is 0.311 e. The number of hydrogen-bond acceptors (Lipinski definition) is 3. The van der Waals surface area contributed by atoms with Crippen molar-refractivity contribution >= 4 is 35.1 Å². The molecule has 2 heterocycles. The van der Waals surface area contributed by atoms with Gasteiger partial charge in [-0.2, -0.15) is 5.10 Å². The lowest BCUT2D eigenvalue weighted by molar-refractivity contribution is -0.147. The fourth-order valence-corrected chi connectivity index (χ4v) is 2.97. The van der Waals surface area contributed by atoms with Crippen LogP contribution in [0.5, 0.6) is 0 Å². The van der Waals surface area contributed by atoms with Gasteiger partial charge < -0.3 is 10.0 Å². The third-order valence-electron chi connectivity index (χ3n) is 4.25. The maximum Gasteiger partial charge on any atom is 0.311 e. The summed E-state index contributed by atoms with van der Waals surface area (Å²) in [6.07, 6.45) is 2.08. The highest BCUT2D eigenvalue weighted by Crippen LogP contribution is 2.31. The number of halogens is 2. The number of carbonyl (C=O) groups excluding carboxylic acids is 1. The SMILES string of the molecule is C[C@@]1(C(=O)O)CCN(C(=O)c2ccn(-c3ccc(Cl)c(Cl)c3)n2)C1. The molecule has 0 unspecified atom stereocenters. The number of amides is 1. The zero-order valence-electron chi connectivity index (χ0n) is 12.9. The number of carbonyl (C=O) groups is 2. The fourth-order valence-electron chi connectivity index (χ4n) is 2.68.